The van der Waals surface area contributed by atoms with Gasteiger partial charge in [0.25, 0.3) is 0 Å². The summed E-state index contributed by atoms with van der Waals surface area (Å²) in [7, 11) is 0. The fourth-order valence-electron chi connectivity index (χ4n) is 3.20. The average Bonchev–Trinajstić information content (AvgIpc) is 3.10. The second kappa shape index (κ2) is 6.61. The Morgan fingerprint density at radius 2 is 1.80 bits per heavy atom. The number of aromatic nitrogens is 2. The molecule has 4 rings (SSSR count). The molecule has 0 saturated heterocycles. The molecule has 2 heterocycles. The third-order valence-electron chi connectivity index (χ3n) is 4.40. The molecule has 0 fully saturated rings. The van der Waals surface area contributed by atoms with Crippen molar-refractivity contribution in [3.8, 4) is 5.69 Å². The molecule has 25 heavy (non-hydrogen) atoms. The van der Waals surface area contributed by atoms with E-state index < -0.39 is 0 Å². The van der Waals surface area contributed by atoms with Gasteiger partial charge in [0.15, 0.2) is 0 Å². The fraction of sp³-hybridized carbons (Fsp3) is 0.150. The number of nitrogens with zero attached hydrogens (tertiary/aromatic N) is 3. The van der Waals surface area contributed by atoms with Gasteiger partial charge in [0, 0.05) is 24.5 Å². The van der Waals surface area contributed by atoms with Crippen molar-refractivity contribution >= 4 is 28.8 Å². The molecule has 124 valence electrons. The lowest BCUT2D eigenvalue weighted by molar-refractivity contribution is -0.117. The van der Waals surface area contributed by atoms with Crippen molar-refractivity contribution in [2.24, 2.45) is 0 Å². The van der Waals surface area contributed by atoms with E-state index in [1.165, 1.54) is 0 Å². The van der Waals surface area contributed by atoms with Crippen LogP contribution in [0.15, 0.2) is 67.0 Å². The highest BCUT2D eigenvalue weighted by molar-refractivity contribution is 7.80. The molecule has 0 saturated carbocycles. The number of thiocarbonyl (C=S) groups is 1. The molecule has 0 spiro atoms. The zero-order chi connectivity index (χ0) is 17.2. The van der Waals surface area contributed by atoms with Crippen LogP contribution < -0.4 is 4.90 Å². The van der Waals surface area contributed by atoms with Crippen LogP contribution in [0.1, 0.15) is 17.8 Å². The van der Waals surface area contributed by atoms with Gasteiger partial charge in [0.2, 0.25) is 5.91 Å². The molecule has 0 radical (unpaired) electrons. The maximum Gasteiger partial charge on any atom is 0.232 e. The summed E-state index contributed by atoms with van der Waals surface area (Å²) in [6.45, 7) is 0. The number of carbonyl (C=O) groups excluding carboxylic acids is 1. The van der Waals surface area contributed by atoms with Crippen molar-refractivity contribution in [1.29, 1.82) is 0 Å². The van der Waals surface area contributed by atoms with Crippen molar-refractivity contribution in [3.05, 3.63) is 78.4 Å². The first-order valence-electron chi connectivity index (χ1n) is 8.25. The predicted octanol–water partition coefficient (Wildman–Crippen LogP) is 3.72. The number of benzene rings is 2. The van der Waals surface area contributed by atoms with Crippen LogP contribution in [0.25, 0.3) is 5.69 Å². The number of anilines is 1. The molecule has 3 aromatic rings. The van der Waals surface area contributed by atoms with Crippen LogP contribution in [0, 0.1) is 0 Å². The van der Waals surface area contributed by atoms with Gasteiger partial charge in [0.1, 0.15) is 5.82 Å². The maximum absolute atomic E-state index is 12.5. The quantitative estimate of drug-likeness (QED) is 0.678. The van der Waals surface area contributed by atoms with Gasteiger partial charge < -0.3 is 4.57 Å². The first-order chi connectivity index (χ1) is 12.2. The highest BCUT2D eigenvalue weighted by atomic mass is 32.1. The molecule has 1 aromatic heterocycles. The molecule has 0 atom stereocenters. The third kappa shape index (κ3) is 2.98. The lowest BCUT2D eigenvalue weighted by Crippen LogP contribution is -2.40. The van der Waals surface area contributed by atoms with E-state index in [2.05, 4.69) is 11.1 Å². The zero-order valence-electron chi connectivity index (χ0n) is 13.6. The number of rotatable bonds is 3. The molecular weight excluding hydrogens is 330 g/mol. The van der Waals surface area contributed by atoms with Gasteiger partial charge in [-0.05, 0) is 30.2 Å². The second-order valence-electron chi connectivity index (χ2n) is 5.98. The van der Waals surface area contributed by atoms with Gasteiger partial charge in [-0.3, -0.25) is 9.69 Å². The molecule has 0 N–H and O–H groups in total. The Kier molecular flexibility index (Phi) is 4.15. The summed E-state index contributed by atoms with van der Waals surface area (Å²) in [5.74, 6) is 0.883. The molecule has 2 aromatic carbocycles. The summed E-state index contributed by atoms with van der Waals surface area (Å²) >= 11 is 5.64. The topological polar surface area (TPSA) is 38.1 Å². The van der Waals surface area contributed by atoms with E-state index in [0.717, 1.165) is 29.2 Å². The second-order valence-corrected chi connectivity index (χ2v) is 6.45. The SMILES string of the molecule is O=C1CCc2ccccc2N1C(=S)Cc1nccn1-c1ccccc1. The summed E-state index contributed by atoms with van der Waals surface area (Å²) < 4.78 is 2.01. The molecule has 5 heteroatoms. The van der Waals surface area contributed by atoms with E-state index in [9.17, 15) is 4.79 Å². The number of aryl methyl sites for hydroxylation is 1. The van der Waals surface area contributed by atoms with Crippen LogP contribution in [0.5, 0.6) is 0 Å². The van der Waals surface area contributed by atoms with Gasteiger partial charge in [-0.25, -0.2) is 4.98 Å². The number of hydrogen-bond donors (Lipinski definition) is 0. The Labute approximate surface area is 151 Å². The minimum absolute atomic E-state index is 0.0570. The standard InChI is InChI=1S/C20H17N3OS/c24-19-11-10-15-6-4-5-9-17(15)23(19)20(25)14-18-21-12-13-22(18)16-7-2-1-3-8-16/h1-9,12-13H,10-11,14H2. The van der Waals surface area contributed by atoms with Crippen LogP contribution in [-0.2, 0) is 17.6 Å². The van der Waals surface area contributed by atoms with Gasteiger partial charge >= 0.3 is 0 Å². The third-order valence-corrected chi connectivity index (χ3v) is 4.73. The van der Waals surface area contributed by atoms with Crippen molar-refractivity contribution in [3.63, 3.8) is 0 Å². The van der Waals surface area contributed by atoms with E-state index in [1.807, 2.05) is 59.3 Å². The molecule has 4 nitrogen and oxygen atoms in total. The molecule has 0 unspecified atom stereocenters. The zero-order valence-corrected chi connectivity index (χ0v) is 14.4. The van der Waals surface area contributed by atoms with Crippen molar-refractivity contribution < 1.29 is 4.79 Å². The lowest BCUT2D eigenvalue weighted by atomic mass is 10.0. The summed E-state index contributed by atoms with van der Waals surface area (Å²) in [5.41, 5.74) is 3.10. The van der Waals surface area contributed by atoms with Crippen LogP contribution in [0.3, 0.4) is 0 Å². The molecule has 1 aliphatic heterocycles. The van der Waals surface area contributed by atoms with Gasteiger partial charge in [0.05, 0.1) is 17.1 Å². The van der Waals surface area contributed by atoms with Crippen LogP contribution in [0.4, 0.5) is 5.69 Å². The Morgan fingerprint density at radius 3 is 2.64 bits per heavy atom. The highest BCUT2D eigenvalue weighted by Crippen LogP contribution is 2.28. The van der Waals surface area contributed by atoms with Crippen molar-refractivity contribution in [2.75, 3.05) is 4.90 Å². The Morgan fingerprint density at radius 1 is 1.04 bits per heavy atom. The molecule has 0 bridgehead atoms. The van der Waals surface area contributed by atoms with Crippen LogP contribution >= 0.6 is 12.2 Å². The number of amides is 1. The molecule has 0 aliphatic carbocycles. The number of imidazole rings is 1. The molecule has 1 aliphatic rings. The minimum Gasteiger partial charge on any atom is -0.303 e. The summed E-state index contributed by atoms with van der Waals surface area (Å²) in [6.07, 6.45) is 5.38. The number of para-hydroxylation sites is 2. The maximum atomic E-state index is 12.5. The van der Waals surface area contributed by atoms with E-state index >= 15 is 0 Å². The first-order valence-corrected chi connectivity index (χ1v) is 8.66. The molecular formula is C20H17N3OS. The first kappa shape index (κ1) is 15.7. The van der Waals surface area contributed by atoms with Gasteiger partial charge in [-0.1, -0.05) is 48.6 Å². The predicted molar refractivity (Wildman–Crippen MR) is 102 cm³/mol. The van der Waals surface area contributed by atoms with Crippen LogP contribution in [-0.4, -0.2) is 20.4 Å². The number of fused-ring (bicyclic) bond motifs is 1. The monoisotopic (exact) mass is 347 g/mol. The van der Waals surface area contributed by atoms with Crippen molar-refractivity contribution in [2.45, 2.75) is 19.3 Å². The normalized spacial score (nSPS) is 13.6. The van der Waals surface area contributed by atoms with Gasteiger partial charge in [-0.15, -0.1) is 0 Å². The smallest absolute Gasteiger partial charge is 0.232 e. The summed E-state index contributed by atoms with van der Waals surface area (Å²) in [6, 6.07) is 18.0. The van der Waals surface area contributed by atoms with Crippen molar-refractivity contribution in [1.82, 2.24) is 9.55 Å². The summed E-state index contributed by atoms with van der Waals surface area (Å²) in [5, 5.41) is 0. The summed E-state index contributed by atoms with van der Waals surface area (Å²) in [4.78, 5) is 19.2. The average molecular weight is 347 g/mol. The lowest BCUT2D eigenvalue weighted by Gasteiger charge is -2.29. The number of carbonyl (C=O) groups is 1. The Hall–Kier alpha value is -2.79. The largest absolute Gasteiger partial charge is 0.303 e. The minimum atomic E-state index is 0.0570. The Bertz CT molecular complexity index is 933. The highest BCUT2D eigenvalue weighted by Gasteiger charge is 2.27. The molecule has 1 amide bonds. The number of hydrogen-bond acceptors (Lipinski definition) is 3. The van der Waals surface area contributed by atoms with Gasteiger partial charge in [-0.2, -0.15) is 0 Å². The van der Waals surface area contributed by atoms with E-state index in [-0.39, 0.29) is 5.91 Å². The van der Waals surface area contributed by atoms with E-state index in [1.54, 1.807) is 11.1 Å². The van der Waals surface area contributed by atoms with E-state index in [4.69, 9.17) is 12.2 Å². The van der Waals surface area contributed by atoms with E-state index in [0.29, 0.717) is 17.8 Å². The van der Waals surface area contributed by atoms with Crippen LogP contribution in [0.2, 0.25) is 0 Å². The fourth-order valence-corrected chi connectivity index (χ4v) is 3.53. The Balaban J connectivity index is 1.64.